The van der Waals surface area contributed by atoms with Gasteiger partial charge in [-0.1, -0.05) is 86.1 Å². The molecule has 0 saturated carbocycles. The van der Waals surface area contributed by atoms with E-state index in [9.17, 15) is 4.39 Å². The third kappa shape index (κ3) is 2.79. The molecule has 106 valence electrons. The third-order valence-electron chi connectivity index (χ3n) is 2.70. The van der Waals surface area contributed by atoms with Gasteiger partial charge in [0.25, 0.3) is 0 Å². The van der Waals surface area contributed by atoms with Gasteiger partial charge in [0, 0.05) is 16.5 Å². The lowest BCUT2D eigenvalue weighted by Gasteiger charge is -2.15. The third-order valence-corrected chi connectivity index (χ3v) is 5.58. The van der Waals surface area contributed by atoms with Crippen molar-refractivity contribution in [2.75, 3.05) is 0 Å². The molecule has 0 atom stereocenters. The van der Waals surface area contributed by atoms with Crippen molar-refractivity contribution in [1.82, 2.24) is 0 Å². The van der Waals surface area contributed by atoms with Crippen LogP contribution in [0.1, 0.15) is 5.56 Å². The predicted molar refractivity (Wildman–Crippen MR) is 89.5 cm³/mol. The summed E-state index contributed by atoms with van der Waals surface area (Å²) < 4.78 is 14.2. The molecule has 0 fully saturated rings. The quantitative estimate of drug-likeness (QED) is 0.257. The Morgan fingerprint density at radius 1 is 0.800 bits per heavy atom. The number of halogens is 7. The summed E-state index contributed by atoms with van der Waals surface area (Å²) in [7, 11) is 0. The van der Waals surface area contributed by atoms with E-state index in [0.29, 0.717) is 10.9 Å². The normalized spacial score (nSPS) is 10.9. The van der Waals surface area contributed by atoms with Gasteiger partial charge in [-0.2, -0.15) is 0 Å². The molecule has 0 amide bonds. The molecular formula is C13H5BrCl5F. The average Bonchev–Trinajstić information content (AvgIpc) is 2.44. The maximum atomic E-state index is 14.2. The SMILES string of the molecule is Fc1cccc(CBr)c1-c1c(Cl)c(Cl)c(Cl)c(Cl)c1Cl. The lowest BCUT2D eigenvalue weighted by Crippen LogP contribution is -1.94. The number of rotatable bonds is 2. The van der Waals surface area contributed by atoms with Crippen molar-refractivity contribution in [2.24, 2.45) is 0 Å². The van der Waals surface area contributed by atoms with Gasteiger partial charge < -0.3 is 0 Å². The zero-order valence-corrected chi connectivity index (χ0v) is 15.0. The van der Waals surface area contributed by atoms with E-state index in [-0.39, 0.29) is 36.2 Å². The van der Waals surface area contributed by atoms with E-state index in [1.54, 1.807) is 12.1 Å². The van der Waals surface area contributed by atoms with Gasteiger partial charge in [-0.15, -0.1) is 0 Å². The van der Waals surface area contributed by atoms with Gasteiger partial charge >= 0.3 is 0 Å². The lowest BCUT2D eigenvalue weighted by atomic mass is 9.99. The highest BCUT2D eigenvalue weighted by molar-refractivity contribution is 9.08. The summed E-state index contributed by atoms with van der Waals surface area (Å²) in [5, 5.41) is 0.688. The summed E-state index contributed by atoms with van der Waals surface area (Å²) in [5.41, 5.74) is 1.16. The van der Waals surface area contributed by atoms with Crippen molar-refractivity contribution in [3.63, 3.8) is 0 Å². The van der Waals surface area contributed by atoms with Crippen molar-refractivity contribution in [2.45, 2.75) is 5.33 Å². The molecule has 0 bridgehead atoms. The van der Waals surface area contributed by atoms with Crippen LogP contribution in [0.4, 0.5) is 4.39 Å². The van der Waals surface area contributed by atoms with E-state index < -0.39 is 5.82 Å². The first kappa shape index (κ1) is 16.7. The predicted octanol–water partition coefficient (Wildman–Crippen LogP) is 7.65. The van der Waals surface area contributed by atoms with Crippen LogP contribution in [0, 0.1) is 5.82 Å². The van der Waals surface area contributed by atoms with Crippen LogP contribution in [-0.2, 0) is 5.33 Å². The molecule has 0 aliphatic rings. The van der Waals surface area contributed by atoms with Crippen LogP contribution in [0.2, 0.25) is 25.1 Å². The zero-order valence-electron chi connectivity index (χ0n) is 9.58. The molecule has 2 aromatic rings. The maximum absolute atomic E-state index is 14.2. The molecule has 7 heteroatoms. The Hall–Kier alpha value is 0.300. The van der Waals surface area contributed by atoms with Crippen molar-refractivity contribution < 1.29 is 4.39 Å². The molecule has 0 radical (unpaired) electrons. The van der Waals surface area contributed by atoms with Gasteiger partial charge in [0.2, 0.25) is 0 Å². The maximum Gasteiger partial charge on any atom is 0.131 e. The van der Waals surface area contributed by atoms with Gasteiger partial charge in [-0.25, -0.2) is 4.39 Å². The first-order valence-corrected chi connectivity index (χ1v) is 8.26. The van der Waals surface area contributed by atoms with E-state index in [0.717, 1.165) is 0 Å². The van der Waals surface area contributed by atoms with Crippen molar-refractivity contribution in [3.05, 3.63) is 54.7 Å². The fourth-order valence-electron chi connectivity index (χ4n) is 1.78. The highest BCUT2D eigenvalue weighted by Crippen LogP contribution is 2.49. The van der Waals surface area contributed by atoms with Crippen LogP contribution >= 0.6 is 73.9 Å². The van der Waals surface area contributed by atoms with E-state index in [4.69, 9.17) is 58.0 Å². The van der Waals surface area contributed by atoms with Crippen molar-refractivity contribution >= 4 is 73.9 Å². The molecule has 0 aliphatic carbocycles. The summed E-state index contributed by atoms with van der Waals surface area (Å²) in [6.07, 6.45) is 0. The fraction of sp³-hybridized carbons (Fsp3) is 0.0769. The van der Waals surface area contributed by atoms with E-state index in [2.05, 4.69) is 15.9 Å². The number of hydrogen-bond acceptors (Lipinski definition) is 0. The number of hydrogen-bond donors (Lipinski definition) is 0. The minimum atomic E-state index is -0.472. The second-order valence-corrected chi connectivity index (χ2v) is 6.30. The van der Waals surface area contributed by atoms with Gasteiger partial charge in [-0.05, 0) is 11.6 Å². The van der Waals surface area contributed by atoms with Crippen molar-refractivity contribution in [3.8, 4) is 11.1 Å². The second-order valence-electron chi connectivity index (χ2n) is 3.85. The Morgan fingerprint density at radius 3 is 1.80 bits per heavy atom. The molecule has 0 nitrogen and oxygen atoms in total. The molecule has 2 aromatic carbocycles. The molecule has 0 aliphatic heterocycles. The summed E-state index contributed by atoms with van der Waals surface area (Å²) in [6.45, 7) is 0. The molecule has 20 heavy (non-hydrogen) atoms. The standard InChI is InChI=1S/C13H5BrCl5F/c14-4-5-2-1-3-6(20)7(5)8-9(15)11(17)13(19)12(18)10(8)16/h1-3H,4H2. The Morgan fingerprint density at radius 2 is 1.30 bits per heavy atom. The average molecular weight is 437 g/mol. The molecule has 2 rings (SSSR count). The Bertz CT molecular complexity index is 658. The van der Waals surface area contributed by atoms with Crippen LogP contribution in [0.25, 0.3) is 11.1 Å². The van der Waals surface area contributed by atoms with E-state index >= 15 is 0 Å². The van der Waals surface area contributed by atoms with E-state index in [1.165, 1.54) is 6.07 Å². The second kappa shape index (κ2) is 6.60. The molecule has 0 saturated heterocycles. The van der Waals surface area contributed by atoms with Crippen LogP contribution < -0.4 is 0 Å². The molecule has 0 unspecified atom stereocenters. The largest absolute Gasteiger partial charge is 0.206 e. The zero-order chi connectivity index (χ0) is 15.0. The monoisotopic (exact) mass is 434 g/mol. The molecular weight excluding hydrogens is 432 g/mol. The van der Waals surface area contributed by atoms with Crippen molar-refractivity contribution in [1.29, 1.82) is 0 Å². The van der Waals surface area contributed by atoms with Crippen LogP contribution in [0.3, 0.4) is 0 Å². The van der Waals surface area contributed by atoms with E-state index in [1.807, 2.05) is 0 Å². The van der Waals surface area contributed by atoms with Gasteiger partial charge in [0.05, 0.1) is 25.1 Å². The van der Waals surface area contributed by atoms with Crippen LogP contribution in [-0.4, -0.2) is 0 Å². The first-order chi connectivity index (χ1) is 9.40. The summed E-state index contributed by atoms with van der Waals surface area (Å²) in [4.78, 5) is 0. The summed E-state index contributed by atoms with van der Waals surface area (Å²) in [5.74, 6) is -0.472. The fourth-order valence-corrected chi connectivity index (χ4v) is 3.58. The molecule has 0 spiro atoms. The minimum absolute atomic E-state index is 0.0431. The molecule has 0 aromatic heterocycles. The molecule has 0 N–H and O–H groups in total. The van der Waals surface area contributed by atoms with Crippen LogP contribution in [0.15, 0.2) is 18.2 Å². The van der Waals surface area contributed by atoms with Gasteiger partial charge in [0.1, 0.15) is 5.82 Å². The molecule has 0 heterocycles. The Kier molecular flexibility index (Phi) is 5.50. The summed E-state index contributed by atoms with van der Waals surface area (Å²) in [6, 6.07) is 4.65. The Balaban J connectivity index is 2.91. The minimum Gasteiger partial charge on any atom is -0.206 e. The topological polar surface area (TPSA) is 0 Å². The van der Waals surface area contributed by atoms with Crippen LogP contribution in [0.5, 0.6) is 0 Å². The van der Waals surface area contributed by atoms with Gasteiger partial charge in [0.15, 0.2) is 0 Å². The number of benzene rings is 2. The summed E-state index contributed by atoms with van der Waals surface area (Å²) >= 11 is 33.6. The van der Waals surface area contributed by atoms with Gasteiger partial charge in [-0.3, -0.25) is 0 Å². The highest BCUT2D eigenvalue weighted by Gasteiger charge is 2.23. The smallest absolute Gasteiger partial charge is 0.131 e. The lowest BCUT2D eigenvalue weighted by molar-refractivity contribution is 0.630. The number of alkyl halides is 1. The Labute approximate surface area is 148 Å². The highest BCUT2D eigenvalue weighted by atomic mass is 79.9. The first-order valence-electron chi connectivity index (χ1n) is 5.25.